The van der Waals surface area contributed by atoms with Crippen LogP contribution in [0.2, 0.25) is 0 Å². The lowest BCUT2D eigenvalue weighted by molar-refractivity contribution is -0.120. The number of para-hydroxylation sites is 1. The molecular formula is C16H22N2O2. The molecule has 1 unspecified atom stereocenters. The van der Waals surface area contributed by atoms with Gasteiger partial charge in [-0.1, -0.05) is 18.2 Å². The Kier molecular flexibility index (Phi) is 4.79. The van der Waals surface area contributed by atoms with Crippen LogP contribution in [0, 0.1) is 0 Å². The molecule has 4 heteroatoms. The predicted molar refractivity (Wildman–Crippen MR) is 80.6 cm³/mol. The van der Waals surface area contributed by atoms with Gasteiger partial charge in [0.15, 0.2) is 0 Å². The topological polar surface area (TPSA) is 54.3 Å². The second kappa shape index (κ2) is 6.57. The number of amides is 1. The fourth-order valence-electron chi connectivity index (χ4n) is 2.38. The summed E-state index contributed by atoms with van der Waals surface area (Å²) in [4.78, 5) is 11.9. The SMILES string of the molecule is CCn1cc(CC(=O)NCCC(C)O)c2ccccc21. The van der Waals surface area contributed by atoms with Crippen molar-refractivity contribution in [3.63, 3.8) is 0 Å². The third kappa shape index (κ3) is 3.39. The highest BCUT2D eigenvalue weighted by Crippen LogP contribution is 2.21. The van der Waals surface area contributed by atoms with Gasteiger partial charge < -0.3 is 15.0 Å². The number of nitrogens with zero attached hydrogens (tertiary/aromatic N) is 1. The lowest BCUT2D eigenvalue weighted by atomic mass is 10.1. The Labute approximate surface area is 119 Å². The number of carbonyl (C=O) groups excluding carboxylic acids is 1. The third-order valence-electron chi connectivity index (χ3n) is 3.45. The lowest BCUT2D eigenvalue weighted by Gasteiger charge is -2.06. The molecule has 2 N–H and O–H groups in total. The van der Waals surface area contributed by atoms with Gasteiger partial charge in [-0.3, -0.25) is 4.79 Å². The highest BCUT2D eigenvalue weighted by molar-refractivity contribution is 5.89. The normalized spacial score (nSPS) is 12.6. The molecule has 0 spiro atoms. The first kappa shape index (κ1) is 14.6. The molecule has 108 valence electrons. The minimum Gasteiger partial charge on any atom is -0.393 e. The van der Waals surface area contributed by atoms with Gasteiger partial charge in [0.2, 0.25) is 5.91 Å². The van der Waals surface area contributed by atoms with E-state index in [4.69, 9.17) is 0 Å². The monoisotopic (exact) mass is 274 g/mol. The van der Waals surface area contributed by atoms with E-state index < -0.39 is 0 Å². The van der Waals surface area contributed by atoms with Crippen molar-refractivity contribution in [1.29, 1.82) is 0 Å². The first-order valence-electron chi connectivity index (χ1n) is 7.13. The maximum Gasteiger partial charge on any atom is 0.224 e. The number of aliphatic hydroxyl groups is 1. The van der Waals surface area contributed by atoms with E-state index in [1.165, 1.54) is 5.52 Å². The quantitative estimate of drug-likeness (QED) is 0.847. The van der Waals surface area contributed by atoms with Gasteiger partial charge in [0.1, 0.15) is 0 Å². The van der Waals surface area contributed by atoms with E-state index >= 15 is 0 Å². The molecule has 0 saturated heterocycles. The van der Waals surface area contributed by atoms with Crippen LogP contribution in [0.1, 0.15) is 25.8 Å². The van der Waals surface area contributed by atoms with Crippen LogP contribution in [0.25, 0.3) is 10.9 Å². The summed E-state index contributed by atoms with van der Waals surface area (Å²) < 4.78 is 2.16. The molecule has 1 aromatic carbocycles. The van der Waals surface area contributed by atoms with Gasteiger partial charge in [-0.15, -0.1) is 0 Å². The molecule has 1 aromatic heterocycles. The fraction of sp³-hybridized carbons (Fsp3) is 0.438. The zero-order valence-corrected chi connectivity index (χ0v) is 12.1. The largest absolute Gasteiger partial charge is 0.393 e. The summed E-state index contributed by atoms with van der Waals surface area (Å²) in [5.74, 6) is 0.00431. The summed E-state index contributed by atoms with van der Waals surface area (Å²) in [7, 11) is 0. The average molecular weight is 274 g/mol. The first-order valence-corrected chi connectivity index (χ1v) is 7.13. The molecule has 1 heterocycles. The van der Waals surface area contributed by atoms with Crippen LogP contribution in [0.4, 0.5) is 0 Å². The minimum atomic E-state index is -0.377. The number of nitrogens with one attached hydrogen (secondary N) is 1. The van der Waals surface area contributed by atoms with Crippen molar-refractivity contribution in [2.45, 2.75) is 39.3 Å². The van der Waals surface area contributed by atoms with Gasteiger partial charge in [-0.05, 0) is 31.9 Å². The number of aliphatic hydroxyl groups excluding tert-OH is 1. The molecule has 0 radical (unpaired) electrons. The summed E-state index contributed by atoms with van der Waals surface area (Å²) in [6.07, 6.45) is 2.65. The van der Waals surface area contributed by atoms with Gasteiger partial charge >= 0.3 is 0 Å². The minimum absolute atomic E-state index is 0.00431. The van der Waals surface area contributed by atoms with Crippen molar-refractivity contribution in [1.82, 2.24) is 9.88 Å². The maximum absolute atomic E-state index is 11.9. The molecule has 0 fully saturated rings. The number of carbonyl (C=O) groups is 1. The van der Waals surface area contributed by atoms with E-state index in [1.54, 1.807) is 6.92 Å². The van der Waals surface area contributed by atoms with Crippen LogP contribution in [0.5, 0.6) is 0 Å². The summed E-state index contributed by atoms with van der Waals surface area (Å²) in [6.45, 7) is 5.23. The van der Waals surface area contributed by atoms with Gasteiger partial charge in [-0.2, -0.15) is 0 Å². The number of aryl methyl sites for hydroxylation is 1. The number of hydrogen-bond acceptors (Lipinski definition) is 2. The standard InChI is InChI=1S/C16H22N2O2/c1-3-18-11-13(14-6-4-5-7-15(14)18)10-16(20)17-9-8-12(2)19/h4-7,11-12,19H,3,8-10H2,1-2H3,(H,17,20). The molecule has 0 aliphatic rings. The number of benzene rings is 1. The molecule has 1 amide bonds. The molecule has 1 atom stereocenters. The number of fused-ring (bicyclic) bond motifs is 1. The summed E-state index contributed by atoms with van der Waals surface area (Å²) in [5.41, 5.74) is 2.22. The number of rotatable bonds is 6. The molecule has 2 aromatic rings. The fourth-order valence-corrected chi connectivity index (χ4v) is 2.38. The van der Waals surface area contributed by atoms with Crippen molar-refractivity contribution < 1.29 is 9.90 Å². The van der Waals surface area contributed by atoms with Crippen LogP contribution >= 0.6 is 0 Å². The van der Waals surface area contributed by atoms with Gasteiger partial charge in [0.25, 0.3) is 0 Å². The first-order chi connectivity index (χ1) is 9.61. The van der Waals surface area contributed by atoms with Crippen LogP contribution in [-0.4, -0.2) is 28.2 Å². The maximum atomic E-state index is 11.9. The van der Waals surface area contributed by atoms with Crippen molar-refractivity contribution in [3.8, 4) is 0 Å². The number of hydrogen-bond donors (Lipinski definition) is 2. The Bertz CT molecular complexity index is 587. The summed E-state index contributed by atoms with van der Waals surface area (Å²) >= 11 is 0. The van der Waals surface area contributed by atoms with Gasteiger partial charge in [0.05, 0.1) is 12.5 Å². The molecule has 2 rings (SSSR count). The average Bonchev–Trinajstić information content (AvgIpc) is 2.77. The van der Waals surface area contributed by atoms with Crippen molar-refractivity contribution in [3.05, 3.63) is 36.0 Å². The van der Waals surface area contributed by atoms with Gasteiger partial charge in [-0.25, -0.2) is 0 Å². The van der Waals surface area contributed by atoms with Crippen molar-refractivity contribution in [2.24, 2.45) is 0 Å². The summed E-state index contributed by atoms with van der Waals surface area (Å²) in [5, 5.41) is 13.2. The van der Waals surface area contributed by atoms with E-state index in [9.17, 15) is 9.90 Å². The highest BCUT2D eigenvalue weighted by Gasteiger charge is 2.11. The molecule has 0 bridgehead atoms. The van der Waals surface area contributed by atoms with E-state index in [-0.39, 0.29) is 12.0 Å². The number of aromatic nitrogens is 1. The predicted octanol–water partition coefficient (Wildman–Crippen LogP) is 2.09. The molecule has 0 aliphatic carbocycles. The van der Waals surface area contributed by atoms with Crippen LogP contribution in [0.15, 0.2) is 30.5 Å². The van der Waals surface area contributed by atoms with Crippen LogP contribution < -0.4 is 5.32 Å². The van der Waals surface area contributed by atoms with Crippen LogP contribution in [-0.2, 0) is 17.8 Å². The molecule has 20 heavy (non-hydrogen) atoms. The van der Waals surface area contributed by atoms with Crippen molar-refractivity contribution in [2.75, 3.05) is 6.54 Å². The van der Waals surface area contributed by atoms with Crippen molar-refractivity contribution >= 4 is 16.8 Å². The summed E-state index contributed by atoms with van der Waals surface area (Å²) in [6, 6.07) is 8.14. The highest BCUT2D eigenvalue weighted by atomic mass is 16.3. The van der Waals surface area contributed by atoms with E-state index in [0.29, 0.717) is 19.4 Å². The Morgan fingerprint density at radius 3 is 2.85 bits per heavy atom. The second-order valence-electron chi connectivity index (χ2n) is 5.12. The lowest BCUT2D eigenvalue weighted by Crippen LogP contribution is -2.27. The Morgan fingerprint density at radius 2 is 2.15 bits per heavy atom. The van der Waals surface area contributed by atoms with E-state index in [1.807, 2.05) is 12.1 Å². The molecular weight excluding hydrogens is 252 g/mol. The Hall–Kier alpha value is -1.81. The van der Waals surface area contributed by atoms with Gasteiger partial charge in [0, 0.05) is 30.2 Å². The zero-order chi connectivity index (χ0) is 14.5. The Morgan fingerprint density at radius 1 is 1.40 bits per heavy atom. The third-order valence-corrected chi connectivity index (χ3v) is 3.45. The molecule has 0 saturated carbocycles. The smallest absolute Gasteiger partial charge is 0.224 e. The molecule has 0 aliphatic heterocycles. The molecule has 4 nitrogen and oxygen atoms in total. The Balaban J connectivity index is 2.08. The second-order valence-corrected chi connectivity index (χ2v) is 5.12. The van der Waals surface area contributed by atoms with E-state index in [0.717, 1.165) is 17.5 Å². The van der Waals surface area contributed by atoms with Crippen LogP contribution in [0.3, 0.4) is 0 Å². The zero-order valence-electron chi connectivity index (χ0n) is 12.1. The van der Waals surface area contributed by atoms with E-state index in [2.05, 4.69) is 35.1 Å².